The molecule has 84 valence electrons. The maximum Gasteiger partial charge on any atom is 0.471 e. The number of hydrogen-bond acceptors (Lipinski definition) is 1. The van der Waals surface area contributed by atoms with Crippen molar-refractivity contribution in [3.05, 3.63) is 12.2 Å². The van der Waals surface area contributed by atoms with E-state index in [2.05, 4.69) is 6.58 Å². The van der Waals surface area contributed by atoms with Gasteiger partial charge in [0.15, 0.2) is 0 Å². The Balaban J connectivity index is 0. The number of nitrogens with zero attached hydrogens (tertiary/aromatic N) is 1. The third kappa shape index (κ3) is 6.51. The highest BCUT2D eigenvalue weighted by Gasteiger charge is 2.40. The standard InChI is InChI=1S/C7H10F3NO.C2H6/c1-5(2)4-11(3)6(12)7(8,9)10;1-2/h1,4H2,2-3H3;1-2H3. The molecule has 0 unspecified atom stereocenters. The molecule has 0 spiro atoms. The highest BCUT2D eigenvalue weighted by molar-refractivity contribution is 5.81. The Morgan fingerprint density at radius 2 is 1.71 bits per heavy atom. The van der Waals surface area contributed by atoms with Crippen LogP contribution in [0.4, 0.5) is 13.2 Å². The quantitative estimate of drug-likeness (QED) is 0.643. The molecule has 0 aliphatic carbocycles. The van der Waals surface area contributed by atoms with Gasteiger partial charge in [0, 0.05) is 13.6 Å². The number of carbonyl (C=O) groups excluding carboxylic acids is 1. The van der Waals surface area contributed by atoms with Crippen LogP contribution in [0, 0.1) is 0 Å². The zero-order valence-electron chi connectivity index (χ0n) is 8.90. The smallest absolute Gasteiger partial charge is 0.334 e. The van der Waals surface area contributed by atoms with Crippen LogP contribution in [0.3, 0.4) is 0 Å². The predicted octanol–water partition coefficient (Wildman–Crippen LogP) is 2.61. The summed E-state index contributed by atoms with van der Waals surface area (Å²) in [6.07, 6.45) is -4.79. The van der Waals surface area contributed by atoms with Crippen LogP contribution in [0.2, 0.25) is 0 Å². The molecule has 0 aromatic carbocycles. The van der Waals surface area contributed by atoms with Gasteiger partial charge < -0.3 is 4.90 Å². The van der Waals surface area contributed by atoms with E-state index in [4.69, 9.17) is 0 Å². The number of rotatable bonds is 2. The molecule has 2 nitrogen and oxygen atoms in total. The normalized spacial score (nSPS) is 9.93. The zero-order chi connectivity index (χ0) is 11.9. The summed E-state index contributed by atoms with van der Waals surface area (Å²) in [6.45, 7) is 8.88. The number of halogens is 3. The van der Waals surface area contributed by atoms with E-state index in [1.807, 2.05) is 13.8 Å². The van der Waals surface area contributed by atoms with Crippen LogP contribution in [0.15, 0.2) is 12.2 Å². The van der Waals surface area contributed by atoms with Crippen LogP contribution in [-0.4, -0.2) is 30.6 Å². The van der Waals surface area contributed by atoms with Gasteiger partial charge >= 0.3 is 12.1 Å². The van der Waals surface area contributed by atoms with Gasteiger partial charge in [-0.25, -0.2) is 0 Å². The highest BCUT2D eigenvalue weighted by Crippen LogP contribution is 2.17. The summed E-state index contributed by atoms with van der Waals surface area (Å²) >= 11 is 0. The van der Waals surface area contributed by atoms with Crippen LogP contribution in [-0.2, 0) is 4.79 Å². The van der Waals surface area contributed by atoms with Crippen LogP contribution in [0.25, 0.3) is 0 Å². The lowest BCUT2D eigenvalue weighted by Gasteiger charge is -2.18. The summed E-state index contributed by atoms with van der Waals surface area (Å²) in [4.78, 5) is 11.0. The average Bonchev–Trinajstić information content (AvgIpc) is 2.04. The first kappa shape index (κ1) is 15.5. The van der Waals surface area contributed by atoms with Crippen LogP contribution in [0.1, 0.15) is 20.8 Å². The van der Waals surface area contributed by atoms with E-state index in [1.54, 1.807) is 6.92 Å². The summed E-state index contributed by atoms with van der Waals surface area (Å²) < 4.78 is 35.2. The Kier molecular flexibility index (Phi) is 7.13. The molecular formula is C9H16F3NO. The number of hydrogen-bond donors (Lipinski definition) is 0. The first-order valence-corrected chi connectivity index (χ1v) is 4.22. The van der Waals surface area contributed by atoms with E-state index in [1.165, 1.54) is 0 Å². The second-order valence-corrected chi connectivity index (χ2v) is 2.62. The van der Waals surface area contributed by atoms with Gasteiger partial charge in [0.2, 0.25) is 0 Å². The van der Waals surface area contributed by atoms with Crippen molar-refractivity contribution in [3.63, 3.8) is 0 Å². The van der Waals surface area contributed by atoms with Crippen molar-refractivity contribution in [2.24, 2.45) is 0 Å². The second kappa shape index (κ2) is 6.45. The first-order valence-electron chi connectivity index (χ1n) is 4.22. The van der Waals surface area contributed by atoms with E-state index in [9.17, 15) is 18.0 Å². The molecule has 0 radical (unpaired) electrons. The van der Waals surface area contributed by atoms with E-state index < -0.39 is 12.1 Å². The fraction of sp³-hybridized carbons (Fsp3) is 0.667. The van der Waals surface area contributed by atoms with Crippen molar-refractivity contribution in [2.75, 3.05) is 13.6 Å². The molecule has 0 heterocycles. The molecule has 0 saturated heterocycles. The molecule has 0 bridgehead atoms. The van der Waals surface area contributed by atoms with E-state index in [0.29, 0.717) is 10.5 Å². The number of amides is 1. The predicted molar refractivity (Wildman–Crippen MR) is 49.9 cm³/mol. The van der Waals surface area contributed by atoms with Crippen molar-refractivity contribution in [1.82, 2.24) is 4.90 Å². The van der Waals surface area contributed by atoms with Gasteiger partial charge in [-0.3, -0.25) is 4.79 Å². The minimum Gasteiger partial charge on any atom is -0.334 e. The minimum atomic E-state index is -4.79. The lowest BCUT2D eigenvalue weighted by Crippen LogP contribution is -2.39. The topological polar surface area (TPSA) is 20.3 Å². The lowest BCUT2D eigenvalue weighted by molar-refractivity contribution is -0.183. The lowest BCUT2D eigenvalue weighted by atomic mass is 10.3. The van der Waals surface area contributed by atoms with Crippen LogP contribution in [0.5, 0.6) is 0 Å². The van der Waals surface area contributed by atoms with Gasteiger partial charge in [0.05, 0.1) is 0 Å². The molecule has 0 aromatic heterocycles. The van der Waals surface area contributed by atoms with Crippen molar-refractivity contribution in [2.45, 2.75) is 26.9 Å². The number of carbonyl (C=O) groups is 1. The van der Waals surface area contributed by atoms with Gasteiger partial charge in [-0.15, -0.1) is 0 Å². The monoisotopic (exact) mass is 211 g/mol. The summed E-state index contributed by atoms with van der Waals surface area (Å²) in [5.41, 5.74) is 0.509. The molecule has 1 amide bonds. The first-order chi connectivity index (χ1) is 6.25. The van der Waals surface area contributed by atoms with Crippen LogP contribution >= 0.6 is 0 Å². The van der Waals surface area contributed by atoms with Crippen molar-refractivity contribution >= 4 is 5.91 Å². The molecule has 0 rings (SSSR count). The molecule has 0 aliphatic rings. The molecule has 0 saturated carbocycles. The number of likely N-dealkylation sites (N-methyl/N-ethyl adjacent to an activating group) is 1. The SMILES string of the molecule is C=C(C)CN(C)C(=O)C(F)(F)F.CC. The molecule has 0 atom stereocenters. The van der Waals surface area contributed by atoms with E-state index in [0.717, 1.165) is 7.05 Å². The fourth-order valence-electron chi connectivity index (χ4n) is 0.693. The third-order valence-corrected chi connectivity index (χ3v) is 1.10. The molecule has 5 heteroatoms. The summed E-state index contributed by atoms with van der Waals surface area (Å²) in [5.74, 6) is -1.84. The zero-order valence-corrected chi connectivity index (χ0v) is 8.90. The second-order valence-electron chi connectivity index (χ2n) is 2.62. The molecule has 0 N–H and O–H groups in total. The summed E-state index contributed by atoms with van der Waals surface area (Å²) in [6, 6.07) is 0. The van der Waals surface area contributed by atoms with Crippen LogP contribution < -0.4 is 0 Å². The molecule has 14 heavy (non-hydrogen) atoms. The Morgan fingerprint density at radius 3 is 1.93 bits per heavy atom. The Labute approximate surface area is 82.4 Å². The van der Waals surface area contributed by atoms with Gasteiger partial charge in [-0.1, -0.05) is 26.0 Å². The number of alkyl halides is 3. The fourth-order valence-corrected chi connectivity index (χ4v) is 0.693. The average molecular weight is 211 g/mol. The minimum absolute atomic E-state index is 0.0711. The Morgan fingerprint density at radius 1 is 1.36 bits per heavy atom. The van der Waals surface area contributed by atoms with Crippen molar-refractivity contribution < 1.29 is 18.0 Å². The molecule has 0 aliphatic heterocycles. The van der Waals surface area contributed by atoms with Gasteiger partial charge in [-0.2, -0.15) is 13.2 Å². The van der Waals surface area contributed by atoms with Crippen molar-refractivity contribution in [1.29, 1.82) is 0 Å². The highest BCUT2D eigenvalue weighted by atomic mass is 19.4. The van der Waals surface area contributed by atoms with Gasteiger partial charge in [0.25, 0.3) is 0 Å². The maximum absolute atomic E-state index is 11.7. The summed E-state index contributed by atoms with van der Waals surface area (Å²) in [7, 11) is 1.09. The van der Waals surface area contributed by atoms with Gasteiger partial charge in [0.1, 0.15) is 0 Å². The molecular weight excluding hydrogens is 195 g/mol. The Bertz CT molecular complexity index is 199. The van der Waals surface area contributed by atoms with Gasteiger partial charge in [-0.05, 0) is 6.92 Å². The molecule has 0 fully saturated rings. The maximum atomic E-state index is 11.7. The van der Waals surface area contributed by atoms with Crippen molar-refractivity contribution in [3.8, 4) is 0 Å². The molecule has 0 aromatic rings. The largest absolute Gasteiger partial charge is 0.471 e. The third-order valence-electron chi connectivity index (χ3n) is 1.10. The summed E-state index contributed by atoms with van der Waals surface area (Å²) in [5, 5.41) is 0. The van der Waals surface area contributed by atoms with E-state index in [-0.39, 0.29) is 6.54 Å². The Hall–Kier alpha value is -1.00. The van der Waals surface area contributed by atoms with E-state index >= 15 is 0 Å².